The van der Waals surface area contributed by atoms with Crippen LogP contribution in [0, 0.1) is 23.3 Å². The highest BCUT2D eigenvalue weighted by Crippen LogP contribution is 2.39. The number of esters is 1. The Morgan fingerprint density at radius 3 is 2.36 bits per heavy atom. The third-order valence-electron chi connectivity index (χ3n) is 5.89. The van der Waals surface area contributed by atoms with E-state index in [1.807, 2.05) is 0 Å². The second-order valence-electron chi connectivity index (χ2n) is 9.15. The average molecular weight is 610 g/mol. The largest absolute Gasteiger partial charge is 0.442 e. The Kier molecular flexibility index (Phi) is 9.21. The number of benzene rings is 2. The number of carbonyl (C=O) groups is 1. The maximum atomic E-state index is 16.3. The molecule has 0 fully saturated rings. The summed E-state index contributed by atoms with van der Waals surface area (Å²) in [5.41, 5.74) is -1.36. The van der Waals surface area contributed by atoms with Gasteiger partial charge in [-0.1, -0.05) is 0 Å². The number of alkyl halides is 1. The normalized spacial score (nSPS) is 11.6. The fraction of sp³-hybridized carbons (Fsp3) is 0.222. The first-order chi connectivity index (χ1) is 19.9. The summed E-state index contributed by atoms with van der Waals surface area (Å²) < 4.78 is 107. The number of ether oxygens (including phenoxy) is 1. The van der Waals surface area contributed by atoms with Gasteiger partial charge in [-0.05, 0) is 62.1 Å². The van der Waals surface area contributed by atoms with Crippen LogP contribution >= 0.6 is 0 Å². The Morgan fingerprint density at radius 2 is 1.69 bits per heavy atom. The molecule has 0 N–H and O–H groups in total. The van der Waals surface area contributed by atoms with Gasteiger partial charge in [0.15, 0.2) is 12.5 Å². The first kappa shape index (κ1) is 30.6. The highest BCUT2D eigenvalue weighted by atomic mass is 32.2. The van der Waals surface area contributed by atoms with Gasteiger partial charge in [-0.25, -0.2) is 34.7 Å². The minimum Gasteiger partial charge on any atom is -0.442 e. The maximum Gasteiger partial charge on any atom is 0.321 e. The summed E-state index contributed by atoms with van der Waals surface area (Å²) >= 11 is 0. The van der Waals surface area contributed by atoms with Gasteiger partial charge < -0.3 is 4.74 Å². The molecule has 0 saturated carbocycles. The molecule has 2 aromatic heterocycles. The number of anilines is 1. The molecule has 0 aliphatic heterocycles. The molecule has 0 bridgehead atoms. The second-order valence-corrected chi connectivity index (χ2v) is 11.0. The van der Waals surface area contributed by atoms with Crippen molar-refractivity contribution in [2.24, 2.45) is 0 Å². The van der Waals surface area contributed by atoms with Crippen molar-refractivity contribution >= 4 is 21.7 Å². The van der Waals surface area contributed by atoms with Crippen molar-refractivity contribution in [3.05, 3.63) is 84.3 Å². The maximum absolute atomic E-state index is 16.3. The number of pyridine rings is 1. The van der Waals surface area contributed by atoms with E-state index < -0.39 is 68.8 Å². The van der Waals surface area contributed by atoms with Crippen LogP contribution in [0.15, 0.2) is 66.0 Å². The monoisotopic (exact) mass is 609 g/mol. The van der Waals surface area contributed by atoms with Crippen molar-refractivity contribution in [2.45, 2.75) is 11.4 Å². The van der Waals surface area contributed by atoms with Gasteiger partial charge in [0, 0.05) is 24.2 Å². The molecule has 0 spiro atoms. The van der Waals surface area contributed by atoms with Crippen LogP contribution in [0.5, 0.6) is 0 Å². The number of rotatable bonds is 11. The van der Waals surface area contributed by atoms with E-state index in [-0.39, 0.29) is 28.7 Å². The van der Waals surface area contributed by atoms with E-state index in [9.17, 15) is 26.4 Å². The van der Waals surface area contributed by atoms with Crippen LogP contribution in [0.1, 0.15) is 0 Å². The van der Waals surface area contributed by atoms with Crippen LogP contribution in [-0.4, -0.2) is 68.1 Å². The first-order valence-corrected chi connectivity index (χ1v) is 13.7. The van der Waals surface area contributed by atoms with Crippen molar-refractivity contribution in [3.63, 3.8) is 0 Å². The van der Waals surface area contributed by atoms with E-state index in [1.165, 1.54) is 49.7 Å². The summed E-state index contributed by atoms with van der Waals surface area (Å²) in [6.45, 7) is -2.55. The Bertz CT molecular complexity index is 1700. The van der Waals surface area contributed by atoms with Crippen molar-refractivity contribution in [2.75, 3.05) is 38.4 Å². The van der Waals surface area contributed by atoms with Crippen LogP contribution in [0.2, 0.25) is 0 Å². The lowest BCUT2D eigenvalue weighted by Gasteiger charge is -2.25. The third-order valence-corrected chi connectivity index (χ3v) is 7.64. The number of carbonyl (C=O) groups excluding carboxylic acids is 1. The van der Waals surface area contributed by atoms with Crippen LogP contribution in [-0.2, 0) is 26.1 Å². The highest BCUT2D eigenvalue weighted by Gasteiger charge is 2.34. The summed E-state index contributed by atoms with van der Waals surface area (Å²) in [5, 5.41) is 4.13. The molecule has 0 amide bonds. The van der Waals surface area contributed by atoms with E-state index in [0.717, 1.165) is 16.8 Å². The predicted octanol–water partition coefficient (Wildman–Crippen LogP) is 4.40. The molecule has 42 heavy (non-hydrogen) atoms. The average Bonchev–Trinajstić information content (AvgIpc) is 3.34. The zero-order chi connectivity index (χ0) is 30.6. The summed E-state index contributed by atoms with van der Waals surface area (Å²) in [6.07, 6.45) is 4.19. The van der Waals surface area contributed by atoms with Crippen LogP contribution < -0.4 is 4.31 Å². The minimum atomic E-state index is -5.15. The van der Waals surface area contributed by atoms with E-state index in [0.29, 0.717) is 23.8 Å². The Balaban J connectivity index is 1.92. The van der Waals surface area contributed by atoms with Crippen molar-refractivity contribution in [1.29, 1.82) is 0 Å². The summed E-state index contributed by atoms with van der Waals surface area (Å²) in [6, 6.07) is 6.14. The topological polar surface area (TPSA) is 97.6 Å². The molecule has 0 radical (unpaired) electrons. The second kappa shape index (κ2) is 12.7. The van der Waals surface area contributed by atoms with Gasteiger partial charge in [0.1, 0.15) is 34.7 Å². The van der Waals surface area contributed by atoms with Gasteiger partial charge in [-0.2, -0.15) is 5.10 Å². The van der Waals surface area contributed by atoms with E-state index in [2.05, 4.69) is 10.1 Å². The molecule has 0 saturated heterocycles. The van der Waals surface area contributed by atoms with Gasteiger partial charge in [0.05, 0.1) is 24.3 Å². The lowest BCUT2D eigenvalue weighted by molar-refractivity contribution is -0.143. The van der Waals surface area contributed by atoms with Gasteiger partial charge in [0.2, 0.25) is 0 Å². The van der Waals surface area contributed by atoms with Crippen molar-refractivity contribution in [3.8, 4) is 22.4 Å². The summed E-state index contributed by atoms with van der Waals surface area (Å²) in [4.78, 5) is 16.4. The Hall–Kier alpha value is -4.37. The summed E-state index contributed by atoms with van der Waals surface area (Å²) in [5.74, 6) is -6.03. The molecule has 4 aromatic rings. The lowest BCUT2D eigenvalue weighted by Crippen LogP contribution is -2.37. The van der Waals surface area contributed by atoms with E-state index in [1.54, 1.807) is 0 Å². The first-order valence-electron chi connectivity index (χ1n) is 12.2. The SMILES string of the molecule is CN(C)CC(=O)OCN(c1ccc(F)c(-c2nn(CCF)cc2-c2ccncc2)c1F)S(=O)(=O)c1cc(F)ccc1F. The predicted molar refractivity (Wildman–Crippen MR) is 142 cm³/mol. The number of hydrogen-bond donors (Lipinski definition) is 0. The molecule has 0 unspecified atom stereocenters. The number of aromatic nitrogens is 3. The molecular formula is C27H24F5N5O4S. The molecule has 2 aromatic carbocycles. The van der Waals surface area contributed by atoms with E-state index in [4.69, 9.17) is 4.74 Å². The number of halogens is 5. The molecule has 0 aliphatic rings. The smallest absolute Gasteiger partial charge is 0.321 e. The zero-order valence-electron chi connectivity index (χ0n) is 22.3. The van der Waals surface area contributed by atoms with Gasteiger partial charge in [-0.15, -0.1) is 0 Å². The lowest BCUT2D eigenvalue weighted by atomic mass is 10.0. The molecule has 2 heterocycles. The molecule has 4 rings (SSSR count). The minimum absolute atomic E-state index is 0.170. The summed E-state index contributed by atoms with van der Waals surface area (Å²) in [7, 11) is -2.08. The highest BCUT2D eigenvalue weighted by molar-refractivity contribution is 7.92. The molecule has 0 aliphatic carbocycles. The Labute approximate surface area is 237 Å². The molecular weight excluding hydrogens is 585 g/mol. The van der Waals surface area contributed by atoms with Crippen LogP contribution in [0.4, 0.5) is 27.6 Å². The number of sulfonamides is 1. The molecule has 0 atom stereocenters. The zero-order valence-corrected chi connectivity index (χ0v) is 23.1. The Morgan fingerprint density at radius 1 is 1.00 bits per heavy atom. The van der Waals surface area contributed by atoms with Gasteiger partial charge >= 0.3 is 5.97 Å². The van der Waals surface area contributed by atoms with Crippen molar-refractivity contribution in [1.82, 2.24) is 19.7 Å². The van der Waals surface area contributed by atoms with Gasteiger partial charge in [-0.3, -0.25) is 19.4 Å². The van der Waals surface area contributed by atoms with Crippen LogP contribution in [0.3, 0.4) is 0 Å². The van der Waals surface area contributed by atoms with E-state index >= 15 is 8.78 Å². The fourth-order valence-corrected chi connectivity index (χ4v) is 5.40. The number of likely N-dealkylation sites (N-methyl/N-ethyl adjacent to an activating group) is 1. The fourth-order valence-electron chi connectivity index (χ4n) is 4.00. The van der Waals surface area contributed by atoms with Crippen molar-refractivity contribution < 1.29 is 39.9 Å². The molecule has 222 valence electrons. The standard InChI is InChI=1S/C27H24F5N5O4S/c1-35(2)15-24(38)41-16-37(42(39,40)23-13-18(29)3-4-20(23)30)22-6-5-21(31)25(26(22)32)27-19(14-36(34-27)12-9-28)17-7-10-33-11-8-17/h3-8,10-11,13-14H,9,12,15-16H2,1-2H3. The third kappa shape index (κ3) is 6.41. The van der Waals surface area contributed by atoms with Gasteiger partial charge in [0.25, 0.3) is 10.0 Å². The molecule has 15 heteroatoms. The number of hydrogen-bond acceptors (Lipinski definition) is 7. The molecule has 9 nitrogen and oxygen atoms in total. The quantitative estimate of drug-likeness (QED) is 0.141. The van der Waals surface area contributed by atoms with Crippen LogP contribution in [0.25, 0.3) is 22.4 Å². The number of nitrogens with zero attached hydrogens (tertiary/aromatic N) is 5. The number of aryl methyl sites for hydroxylation is 1.